The number of nitrogens with one attached hydrogen (secondary N) is 2. The lowest BCUT2D eigenvalue weighted by atomic mass is 10.0. The number of pyridine rings is 2. The van der Waals surface area contributed by atoms with Gasteiger partial charge in [-0.3, -0.25) is 24.3 Å². The molecular weight excluding hydrogens is 713 g/mol. The van der Waals surface area contributed by atoms with Gasteiger partial charge in [-0.1, -0.05) is 18.7 Å². The van der Waals surface area contributed by atoms with Crippen LogP contribution >= 0.6 is 0 Å². The summed E-state index contributed by atoms with van der Waals surface area (Å²) < 4.78 is 48.0. The number of imide groups is 1. The number of carbonyl (C=O) groups is 3. The molecule has 14 nitrogen and oxygen atoms in total. The number of piperidine rings is 1. The minimum Gasteiger partial charge on any atom is -0.488 e. The van der Waals surface area contributed by atoms with Crippen LogP contribution in [0.25, 0.3) is 32.9 Å². The number of allylic oxidation sites excluding steroid dienone is 1. The second kappa shape index (κ2) is 17.6. The van der Waals surface area contributed by atoms with Gasteiger partial charge in [0.2, 0.25) is 11.8 Å². The predicted octanol–water partition coefficient (Wildman–Crippen LogP) is 4.83. The molecule has 2 aliphatic heterocycles. The van der Waals surface area contributed by atoms with Gasteiger partial charge in [-0.05, 0) is 48.7 Å². The van der Waals surface area contributed by atoms with Gasteiger partial charge in [0, 0.05) is 57.7 Å². The molecule has 5 heterocycles. The average Bonchev–Trinajstić information content (AvgIpc) is 3.67. The van der Waals surface area contributed by atoms with Gasteiger partial charge < -0.3 is 38.7 Å². The van der Waals surface area contributed by atoms with Gasteiger partial charge in [0.05, 0.1) is 64.0 Å². The number of rotatable bonds is 19. The molecule has 3 amide bonds. The second-order valence-electron chi connectivity index (χ2n) is 12.8. The van der Waals surface area contributed by atoms with Gasteiger partial charge in [-0.2, -0.15) is 0 Å². The number of ether oxygens (including phenoxy) is 6. The molecule has 2 aliphatic rings. The van der Waals surface area contributed by atoms with Gasteiger partial charge in [0.15, 0.2) is 11.6 Å². The van der Waals surface area contributed by atoms with Crippen molar-refractivity contribution in [3.63, 3.8) is 0 Å². The fourth-order valence-electron chi connectivity index (χ4n) is 6.40. The van der Waals surface area contributed by atoms with E-state index in [1.54, 1.807) is 12.4 Å². The number of amides is 3. The van der Waals surface area contributed by atoms with Crippen molar-refractivity contribution in [2.24, 2.45) is 0 Å². The zero-order valence-electron chi connectivity index (χ0n) is 30.0. The van der Waals surface area contributed by atoms with Crippen LogP contribution in [0.5, 0.6) is 11.6 Å². The molecule has 1 fully saturated rings. The second-order valence-corrected chi connectivity index (χ2v) is 12.8. The van der Waals surface area contributed by atoms with E-state index in [2.05, 4.69) is 45.0 Å². The predicted molar refractivity (Wildman–Crippen MR) is 198 cm³/mol. The van der Waals surface area contributed by atoms with Crippen LogP contribution in [-0.2, 0) is 23.7 Å². The van der Waals surface area contributed by atoms with Gasteiger partial charge in [-0.15, -0.1) is 0 Å². The van der Waals surface area contributed by atoms with E-state index in [0.717, 1.165) is 43.9 Å². The van der Waals surface area contributed by atoms with Crippen LogP contribution in [0, 0.1) is 5.82 Å². The first-order chi connectivity index (χ1) is 26.9. The smallest absolute Gasteiger partial charge is 0.262 e. The first-order valence-corrected chi connectivity index (χ1v) is 18.0. The maximum absolute atomic E-state index is 14.7. The van der Waals surface area contributed by atoms with Gasteiger partial charge in [0.1, 0.15) is 19.3 Å². The number of carbonyl (C=O) groups excluding carboxylic acids is 3. The van der Waals surface area contributed by atoms with Crippen LogP contribution in [0.2, 0.25) is 0 Å². The number of H-pyrrole nitrogens is 1. The van der Waals surface area contributed by atoms with Crippen LogP contribution in [0.3, 0.4) is 0 Å². The summed E-state index contributed by atoms with van der Waals surface area (Å²) in [5.74, 6) is -2.33. The molecule has 0 saturated carbocycles. The number of hydrogen-bond acceptors (Lipinski definition) is 11. The van der Waals surface area contributed by atoms with E-state index in [1.165, 1.54) is 6.07 Å². The standard InChI is InChI=1S/C40H40FN5O9/c1-25-2-6-35(38(47)44-25)46-39(48)29-21-32(41)36(22-30(29)40(46)49)54-18-16-52-14-12-50-10-11-51-13-15-53-17-19-55-37-7-4-27(23-43-37)26-3-5-28-31-24-42-9-8-33(31)45-34(28)20-26/h3-5,7-9,20-24,35,45H,1-2,6,10-19H2,(H,44,47). The molecule has 15 heteroatoms. The third kappa shape index (κ3) is 8.81. The number of hydrogen-bond donors (Lipinski definition) is 2. The molecule has 0 aliphatic carbocycles. The van der Waals surface area contributed by atoms with E-state index in [1.807, 2.05) is 24.4 Å². The summed E-state index contributed by atoms with van der Waals surface area (Å²) in [6, 6.07) is 13.2. The summed E-state index contributed by atoms with van der Waals surface area (Å²) in [6.45, 7) is 6.80. The average molecular weight is 754 g/mol. The number of halogens is 1. The van der Waals surface area contributed by atoms with Crippen LogP contribution in [-0.4, -0.2) is 110 Å². The summed E-state index contributed by atoms with van der Waals surface area (Å²) in [6.07, 6.45) is 6.12. The van der Waals surface area contributed by atoms with E-state index in [9.17, 15) is 18.8 Å². The minimum atomic E-state index is -0.980. The Kier molecular flexibility index (Phi) is 12.0. The molecule has 2 aromatic carbocycles. The molecule has 2 N–H and O–H groups in total. The maximum atomic E-state index is 14.7. The van der Waals surface area contributed by atoms with Crippen molar-refractivity contribution in [3.8, 4) is 22.8 Å². The monoisotopic (exact) mass is 753 g/mol. The zero-order chi connectivity index (χ0) is 38.1. The maximum Gasteiger partial charge on any atom is 0.262 e. The molecule has 7 rings (SSSR count). The third-order valence-corrected chi connectivity index (χ3v) is 9.15. The van der Waals surface area contributed by atoms with E-state index in [0.29, 0.717) is 64.2 Å². The van der Waals surface area contributed by atoms with Gasteiger partial charge in [-0.25, -0.2) is 9.37 Å². The molecule has 1 atom stereocenters. The van der Waals surface area contributed by atoms with Crippen molar-refractivity contribution < 1.29 is 47.2 Å². The first-order valence-electron chi connectivity index (χ1n) is 18.0. The van der Waals surface area contributed by atoms with Crippen molar-refractivity contribution >= 4 is 39.5 Å². The number of aromatic amines is 1. The van der Waals surface area contributed by atoms with Crippen LogP contribution in [0.4, 0.5) is 4.39 Å². The highest BCUT2D eigenvalue weighted by molar-refractivity contribution is 6.23. The largest absolute Gasteiger partial charge is 0.488 e. The fourth-order valence-corrected chi connectivity index (χ4v) is 6.40. The Bertz CT molecular complexity index is 2190. The lowest BCUT2D eigenvalue weighted by Crippen LogP contribution is -2.51. The van der Waals surface area contributed by atoms with Crippen LogP contribution in [0.1, 0.15) is 33.6 Å². The topological polar surface area (TPSA) is 163 Å². The number of benzene rings is 2. The van der Waals surface area contributed by atoms with Crippen molar-refractivity contribution in [2.45, 2.75) is 18.9 Å². The van der Waals surface area contributed by atoms with E-state index in [-0.39, 0.29) is 43.1 Å². The first kappa shape index (κ1) is 37.6. The van der Waals surface area contributed by atoms with Crippen molar-refractivity contribution in [1.29, 1.82) is 0 Å². The molecule has 3 aromatic heterocycles. The summed E-state index contributed by atoms with van der Waals surface area (Å²) >= 11 is 0. The quantitative estimate of drug-likeness (QED) is 0.0878. The normalized spacial score (nSPS) is 15.6. The molecule has 0 radical (unpaired) electrons. The van der Waals surface area contributed by atoms with Crippen LogP contribution in [0.15, 0.2) is 79.4 Å². The highest BCUT2D eigenvalue weighted by Gasteiger charge is 2.44. The third-order valence-electron chi connectivity index (χ3n) is 9.15. The Morgan fingerprint density at radius 3 is 2.05 bits per heavy atom. The lowest BCUT2D eigenvalue weighted by molar-refractivity contribution is -0.125. The summed E-state index contributed by atoms with van der Waals surface area (Å²) in [7, 11) is 0. The molecular formula is C40H40FN5O9. The summed E-state index contributed by atoms with van der Waals surface area (Å²) in [4.78, 5) is 51.2. The highest BCUT2D eigenvalue weighted by Crippen LogP contribution is 2.33. The molecule has 1 saturated heterocycles. The molecule has 1 unspecified atom stereocenters. The summed E-state index contributed by atoms with van der Waals surface area (Å²) in [5, 5.41) is 4.79. The lowest BCUT2D eigenvalue weighted by Gasteiger charge is -2.29. The van der Waals surface area contributed by atoms with Gasteiger partial charge in [0.25, 0.3) is 11.8 Å². The Hall–Kier alpha value is -5.74. The van der Waals surface area contributed by atoms with Crippen LogP contribution < -0.4 is 14.8 Å². The number of nitrogens with zero attached hydrogens (tertiary/aromatic N) is 3. The van der Waals surface area contributed by atoms with Crippen molar-refractivity contribution in [3.05, 3.63) is 96.3 Å². The highest BCUT2D eigenvalue weighted by atomic mass is 19.1. The van der Waals surface area contributed by atoms with Crippen molar-refractivity contribution in [1.82, 2.24) is 25.2 Å². The molecule has 55 heavy (non-hydrogen) atoms. The molecule has 0 bridgehead atoms. The summed E-state index contributed by atoms with van der Waals surface area (Å²) in [5.41, 5.74) is 4.54. The molecule has 0 spiro atoms. The van der Waals surface area contributed by atoms with E-state index < -0.39 is 29.6 Å². The fraction of sp³-hybridized carbons (Fsp3) is 0.325. The van der Waals surface area contributed by atoms with Crippen molar-refractivity contribution in [2.75, 3.05) is 66.1 Å². The number of aromatic nitrogens is 3. The zero-order valence-corrected chi connectivity index (χ0v) is 30.0. The van der Waals surface area contributed by atoms with Gasteiger partial charge >= 0.3 is 0 Å². The Balaban J connectivity index is 0.698. The molecule has 5 aromatic rings. The SMILES string of the molecule is C=C1CCC(N2C(=O)c3cc(F)c(OCCOCCOCCOCCOCCOc4ccc(-c5ccc6c(c5)[nH]c5ccncc56)cn4)cc3C2=O)C(=O)N1. The molecule has 286 valence electrons. The Morgan fingerprint density at radius 1 is 0.727 bits per heavy atom. The minimum absolute atomic E-state index is 0.00808. The van der Waals surface area contributed by atoms with E-state index in [4.69, 9.17) is 28.4 Å². The van der Waals surface area contributed by atoms with E-state index >= 15 is 0 Å². The Labute approximate surface area is 315 Å². The Morgan fingerprint density at radius 2 is 1.38 bits per heavy atom. The number of fused-ring (bicyclic) bond motifs is 4.